The van der Waals surface area contributed by atoms with Gasteiger partial charge in [0.1, 0.15) is 11.5 Å². The minimum absolute atomic E-state index is 0.0821. The van der Waals surface area contributed by atoms with E-state index in [1.54, 1.807) is 18.2 Å². The molecular weight excluding hydrogens is 486 g/mol. The lowest BCUT2D eigenvalue weighted by atomic mass is 10.2. The van der Waals surface area contributed by atoms with Crippen molar-refractivity contribution in [3.8, 4) is 0 Å². The highest BCUT2D eigenvalue weighted by atomic mass is 79.9. The van der Waals surface area contributed by atoms with Crippen LogP contribution >= 0.6 is 15.9 Å². The molecule has 31 heavy (non-hydrogen) atoms. The molecule has 0 unspecified atom stereocenters. The van der Waals surface area contributed by atoms with Crippen LogP contribution in [0.25, 0.3) is 10.9 Å². The Morgan fingerprint density at radius 2 is 1.77 bits per heavy atom. The van der Waals surface area contributed by atoms with Crippen LogP contribution in [0.3, 0.4) is 0 Å². The number of carbonyl (C=O) groups is 1. The SMILES string of the molecule is O=C(OCc1ccccc1)N1CCN(S(=O)(=O)c2c[nH]c3ccc(Br)cc3c2=O)CC1. The third kappa shape index (κ3) is 4.51. The lowest BCUT2D eigenvalue weighted by Crippen LogP contribution is -2.51. The van der Waals surface area contributed by atoms with Crippen molar-refractivity contribution >= 4 is 42.9 Å². The van der Waals surface area contributed by atoms with Gasteiger partial charge in [0.15, 0.2) is 0 Å². The summed E-state index contributed by atoms with van der Waals surface area (Å²) >= 11 is 3.30. The summed E-state index contributed by atoms with van der Waals surface area (Å²) in [5, 5.41) is 0.290. The smallest absolute Gasteiger partial charge is 0.410 e. The van der Waals surface area contributed by atoms with Gasteiger partial charge in [-0.1, -0.05) is 46.3 Å². The molecule has 162 valence electrons. The van der Waals surface area contributed by atoms with E-state index < -0.39 is 21.5 Å². The van der Waals surface area contributed by atoms with Gasteiger partial charge in [0, 0.05) is 47.8 Å². The van der Waals surface area contributed by atoms with Crippen LogP contribution in [-0.4, -0.2) is 54.9 Å². The second-order valence-electron chi connectivity index (χ2n) is 7.10. The highest BCUT2D eigenvalue weighted by molar-refractivity contribution is 9.10. The summed E-state index contributed by atoms with van der Waals surface area (Å²) in [7, 11) is -4.01. The molecule has 2 aromatic carbocycles. The maximum absolute atomic E-state index is 13.1. The molecule has 0 radical (unpaired) electrons. The summed E-state index contributed by atoms with van der Waals surface area (Å²) in [6.45, 7) is 0.686. The number of pyridine rings is 1. The van der Waals surface area contributed by atoms with Crippen LogP contribution in [0, 0.1) is 0 Å². The standard InChI is InChI=1S/C21H20BrN3O5S/c22-16-6-7-18-17(12-16)20(26)19(13-23-18)31(28,29)25-10-8-24(9-11-25)21(27)30-14-15-4-2-1-3-5-15/h1-7,12-13H,8-11,14H2,(H,23,26). The number of piperazine rings is 1. The molecular formula is C21H20BrN3O5S. The van der Waals surface area contributed by atoms with Gasteiger partial charge >= 0.3 is 6.09 Å². The number of carbonyl (C=O) groups excluding carboxylic acids is 1. The fourth-order valence-corrected chi connectivity index (χ4v) is 5.26. The van der Waals surface area contributed by atoms with Crippen molar-refractivity contribution in [2.45, 2.75) is 11.5 Å². The number of H-pyrrole nitrogens is 1. The van der Waals surface area contributed by atoms with Gasteiger partial charge < -0.3 is 14.6 Å². The second kappa shape index (κ2) is 8.81. The van der Waals surface area contributed by atoms with Gasteiger partial charge in [0.25, 0.3) is 0 Å². The Hall–Kier alpha value is -2.69. The van der Waals surface area contributed by atoms with Crippen molar-refractivity contribution in [3.05, 3.63) is 75.0 Å². The summed E-state index contributed by atoms with van der Waals surface area (Å²) in [5.74, 6) is 0. The number of rotatable bonds is 4. The Morgan fingerprint density at radius 3 is 2.48 bits per heavy atom. The maximum atomic E-state index is 13.1. The van der Waals surface area contributed by atoms with Crippen molar-refractivity contribution in [3.63, 3.8) is 0 Å². The lowest BCUT2D eigenvalue weighted by molar-refractivity contribution is 0.0838. The molecule has 1 aliphatic heterocycles. The summed E-state index contributed by atoms with van der Waals surface area (Å²) in [5.41, 5.74) is 0.872. The molecule has 0 saturated carbocycles. The molecule has 1 aliphatic rings. The predicted octanol–water partition coefficient (Wildman–Crippen LogP) is 2.93. The van der Waals surface area contributed by atoms with Crippen molar-refractivity contribution in [2.24, 2.45) is 0 Å². The van der Waals surface area contributed by atoms with Crippen molar-refractivity contribution < 1.29 is 17.9 Å². The summed E-state index contributed by atoms with van der Waals surface area (Å²) < 4.78 is 33.4. The van der Waals surface area contributed by atoms with E-state index in [2.05, 4.69) is 20.9 Å². The third-order valence-electron chi connectivity index (χ3n) is 5.13. The number of hydrogen-bond donors (Lipinski definition) is 1. The monoisotopic (exact) mass is 505 g/mol. The van der Waals surface area contributed by atoms with Gasteiger partial charge in [0.2, 0.25) is 15.5 Å². The number of hydrogen-bond acceptors (Lipinski definition) is 5. The lowest BCUT2D eigenvalue weighted by Gasteiger charge is -2.33. The van der Waals surface area contributed by atoms with Gasteiger partial charge in [0.05, 0.1) is 0 Å². The first-order chi connectivity index (χ1) is 14.9. The molecule has 0 aliphatic carbocycles. The molecule has 10 heteroatoms. The normalized spacial score (nSPS) is 15.2. The van der Waals surface area contributed by atoms with Crippen LogP contribution < -0.4 is 5.43 Å². The van der Waals surface area contributed by atoms with E-state index in [4.69, 9.17) is 4.74 Å². The number of sulfonamides is 1. The molecule has 1 aromatic heterocycles. The van der Waals surface area contributed by atoms with E-state index in [9.17, 15) is 18.0 Å². The van der Waals surface area contributed by atoms with Gasteiger partial charge in [-0.3, -0.25) is 4.79 Å². The zero-order valence-corrected chi connectivity index (χ0v) is 18.9. The Bertz CT molecular complexity index is 1270. The van der Waals surface area contributed by atoms with Crippen LogP contribution in [0.2, 0.25) is 0 Å². The third-order valence-corrected chi connectivity index (χ3v) is 7.53. The van der Waals surface area contributed by atoms with E-state index in [-0.39, 0.29) is 37.7 Å². The first kappa shape index (κ1) is 21.5. The van der Waals surface area contributed by atoms with Crippen LogP contribution in [0.4, 0.5) is 4.79 Å². The molecule has 1 N–H and O–H groups in total. The fraction of sp³-hybridized carbons (Fsp3) is 0.238. The molecule has 1 fully saturated rings. The van der Waals surface area contributed by atoms with E-state index in [0.29, 0.717) is 15.4 Å². The van der Waals surface area contributed by atoms with Gasteiger partial charge in [-0.2, -0.15) is 4.31 Å². The van der Waals surface area contributed by atoms with Crippen LogP contribution in [0.1, 0.15) is 5.56 Å². The van der Waals surface area contributed by atoms with Crippen molar-refractivity contribution in [1.29, 1.82) is 0 Å². The quantitative estimate of drug-likeness (QED) is 0.587. The number of nitrogens with one attached hydrogen (secondary N) is 1. The fourth-order valence-electron chi connectivity index (χ4n) is 3.42. The van der Waals surface area contributed by atoms with Gasteiger partial charge in [-0.05, 0) is 23.8 Å². The number of fused-ring (bicyclic) bond motifs is 1. The van der Waals surface area contributed by atoms with E-state index in [0.717, 1.165) is 5.56 Å². The second-order valence-corrected chi connectivity index (χ2v) is 9.93. The number of amides is 1. The number of halogens is 1. The highest BCUT2D eigenvalue weighted by Gasteiger charge is 2.32. The van der Waals surface area contributed by atoms with Crippen LogP contribution in [0.15, 0.2) is 68.9 Å². The minimum Gasteiger partial charge on any atom is -0.445 e. The van der Waals surface area contributed by atoms with Crippen molar-refractivity contribution in [1.82, 2.24) is 14.2 Å². The summed E-state index contributed by atoms with van der Waals surface area (Å²) in [6.07, 6.45) is 0.739. The molecule has 1 amide bonds. The first-order valence-corrected chi connectivity index (χ1v) is 11.9. The van der Waals surface area contributed by atoms with Gasteiger partial charge in [-0.15, -0.1) is 0 Å². The number of aromatic nitrogens is 1. The van der Waals surface area contributed by atoms with Crippen LogP contribution in [0.5, 0.6) is 0 Å². The molecule has 2 heterocycles. The number of benzene rings is 2. The Kier molecular flexibility index (Phi) is 6.12. The molecule has 0 bridgehead atoms. The zero-order valence-electron chi connectivity index (χ0n) is 16.5. The Balaban J connectivity index is 1.44. The maximum Gasteiger partial charge on any atom is 0.410 e. The van der Waals surface area contributed by atoms with Crippen molar-refractivity contribution in [2.75, 3.05) is 26.2 Å². The molecule has 0 atom stereocenters. The average Bonchev–Trinajstić information content (AvgIpc) is 2.78. The summed E-state index contributed by atoms with van der Waals surface area (Å²) in [6, 6.07) is 14.4. The molecule has 8 nitrogen and oxygen atoms in total. The zero-order chi connectivity index (χ0) is 22.0. The molecule has 3 aromatic rings. The van der Waals surface area contributed by atoms with E-state index in [1.807, 2.05) is 30.3 Å². The largest absolute Gasteiger partial charge is 0.445 e. The number of nitrogens with zero attached hydrogens (tertiary/aromatic N) is 2. The molecule has 1 saturated heterocycles. The van der Waals surface area contributed by atoms with Gasteiger partial charge in [-0.25, -0.2) is 13.2 Å². The van der Waals surface area contributed by atoms with E-state index >= 15 is 0 Å². The minimum atomic E-state index is -4.01. The molecule has 0 spiro atoms. The number of ether oxygens (including phenoxy) is 1. The molecule has 4 rings (SSSR count). The Labute approximate surface area is 187 Å². The summed E-state index contributed by atoms with van der Waals surface area (Å²) in [4.78, 5) is 29.2. The number of aromatic amines is 1. The average molecular weight is 506 g/mol. The highest BCUT2D eigenvalue weighted by Crippen LogP contribution is 2.20. The van der Waals surface area contributed by atoms with E-state index in [1.165, 1.54) is 15.4 Å². The first-order valence-electron chi connectivity index (χ1n) is 9.63. The predicted molar refractivity (Wildman–Crippen MR) is 119 cm³/mol. The van der Waals surface area contributed by atoms with Crippen LogP contribution in [-0.2, 0) is 21.4 Å². The topological polar surface area (TPSA) is 99.8 Å². The Morgan fingerprint density at radius 1 is 1.06 bits per heavy atom.